The van der Waals surface area contributed by atoms with E-state index in [2.05, 4.69) is 26.2 Å². The standard InChI is InChI=1S/C12H16BrN3O/c1-14-11-10(7-9(13)8-15-11)12(17)16-5-3-2-4-6-16/h7-8H,2-6H2,1H3,(H,14,15). The number of hydrogen-bond acceptors (Lipinski definition) is 3. The molecule has 4 nitrogen and oxygen atoms in total. The number of carbonyl (C=O) groups excluding carboxylic acids is 1. The van der Waals surface area contributed by atoms with Crippen molar-refractivity contribution in [2.24, 2.45) is 0 Å². The first kappa shape index (κ1) is 12.4. The molecule has 1 aromatic rings. The molecule has 0 radical (unpaired) electrons. The number of aromatic nitrogens is 1. The van der Waals surface area contributed by atoms with Gasteiger partial charge in [0.15, 0.2) is 0 Å². The molecule has 0 aliphatic carbocycles. The maximum atomic E-state index is 12.4. The van der Waals surface area contributed by atoms with E-state index in [4.69, 9.17) is 0 Å². The van der Waals surface area contributed by atoms with Crippen molar-refractivity contribution in [1.29, 1.82) is 0 Å². The Bertz CT molecular complexity index is 416. The van der Waals surface area contributed by atoms with Crippen molar-refractivity contribution in [1.82, 2.24) is 9.88 Å². The first-order valence-electron chi connectivity index (χ1n) is 5.85. The van der Waals surface area contributed by atoms with Gasteiger partial charge in [0.25, 0.3) is 5.91 Å². The van der Waals surface area contributed by atoms with E-state index in [1.807, 2.05) is 11.0 Å². The predicted molar refractivity (Wildman–Crippen MR) is 71.2 cm³/mol. The van der Waals surface area contributed by atoms with Crippen molar-refractivity contribution < 1.29 is 4.79 Å². The number of piperidine rings is 1. The minimum Gasteiger partial charge on any atom is -0.372 e. The number of nitrogens with one attached hydrogen (secondary N) is 1. The Balaban J connectivity index is 2.25. The summed E-state index contributed by atoms with van der Waals surface area (Å²) in [6.07, 6.45) is 5.11. The van der Waals surface area contributed by atoms with Gasteiger partial charge in [-0.3, -0.25) is 4.79 Å². The molecule has 2 rings (SSSR count). The minimum absolute atomic E-state index is 0.0721. The van der Waals surface area contributed by atoms with Crippen LogP contribution in [-0.2, 0) is 0 Å². The summed E-state index contributed by atoms with van der Waals surface area (Å²) < 4.78 is 0.830. The summed E-state index contributed by atoms with van der Waals surface area (Å²) >= 11 is 3.36. The van der Waals surface area contributed by atoms with E-state index in [0.717, 1.165) is 30.4 Å². The smallest absolute Gasteiger partial charge is 0.257 e. The van der Waals surface area contributed by atoms with Gasteiger partial charge in [0.05, 0.1) is 5.56 Å². The van der Waals surface area contributed by atoms with E-state index in [-0.39, 0.29) is 5.91 Å². The Morgan fingerprint density at radius 2 is 2.12 bits per heavy atom. The van der Waals surface area contributed by atoms with Crippen LogP contribution in [0.3, 0.4) is 0 Å². The van der Waals surface area contributed by atoms with Crippen LogP contribution in [0.15, 0.2) is 16.7 Å². The summed E-state index contributed by atoms with van der Waals surface area (Å²) in [5, 5.41) is 2.96. The Morgan fingerprint density at radius 3 is 2.76 bits per heavy atom. The highest BCUT2D eigenvalue weighted by Gasteiger charge is 2.21. The molecule has 5 heteroatoms. The lowest BCUT2D eigenvalue weighted by Gasteiger charge is -2.27. The highest BCUT2D eigenvalue weighted by atomic mass is 79.9. The van der Waals surface area contributed by atoms with Gasteiger partial charge in [-0.25, -0.2) is 4.98 Å². The van der Waals surface area contributed by atoms with E-state index in [1.54, 1.807) is 13.2 Å². The third-order valence-corrected chi connectivity index (χ3v) is 3.40. The fourth-order valence-electron chi connectivity index (χ4n) is 2.07. The number of hydrogen-bond donors (Lipinski definition) is 1. The van der Waals surface area contributed by atoms with Crippen LogP contribution < -0.4 is 5.32 Å². The molecular formula is C12H16BrN3O. The molecule has 0 bridgehead atoms. The van der Waals surface area contributed by atoms with Crippen LogP contribution in [0.1, 0.15) is 29.6 Å². The van der Waals surface area contributed by atoms with Crippen LogP contribution in [0.4, 0.5) is 5.82 Å². The van der Waals surface area contributed by atoms with Crippen molar-refractivity contribution in [3.8, 4) is 0 Å². The molecule has 0 aromatic carbocycles. The fraction of sp³-hybridized carbons (Fsp3) is 0.500. The molecule has 0 saturated carbocycles. The van der Waals surface area contributed by atoms with Crippen molar-refractivity contribution >= 4 is 27.7 Å². The summed E-state index contributed by atoms with van der Waals surface area (Å²) in [4.78, 5) is 18.5. The van der Waals surface area contributed by atoms with Gasteiger partial charge in [-0.2, -0.15) is 0 Å². The zero-order chi connectivity index (χ0) is 12.3. The topological polar surface area (TPSA) is 45.2 Å². The van der Waals surface area contributed by atoms with Gasteiger partial charge < -0.3 is 10.2 Å². The Kier molecular flexibility index (Phi) is 3.99. The molecule has 17 heavy (non-hydrogen) atoms. The molecular weight excluding hydrogens is 282 g/mol. The second-order valence-electron chi connectivity index (χ2n) is 4.15. The van der Waals surface area contributed by atoms with E-state index in [9.17, 15) is 4.79 Å². The lowest BCUT2D eigenvalue weighted by molar-refractivity contribution is 0.0725. The third kappa shape index (κ3) is 2.77. The van der Waals surface area contributed by atoms with Gasteiger partial charge in [0, 0.05) is 30.8 Å². The molecule has 1 aliphatic rings. The maximum absolute atomic E-state index is 12.4. The van der Waals surface area contributed by atoms with Crippen molar-refractivity contribution in [3.63, 3.8) is 0 Å². The molecule has 1 aliphatic heterocycles. The lowest BCUT2D eigenvalue weighted by atomic mass is 10.1. The maximum Gasteiger partial charge on any atom is 0.257 e. The zero-order valence-electron chi connectivity index (χ0n) is 9.87. The fourth-order valence-corrected chi connectivity index (χ4v) is 2.40. The number of pyridine rings is 1. The number of carbonyl (C=O) groups is 1. The summed E-state index contributed by atoms with van der Waals surface area (Å²) in [6.45, 7) is 1.71. The number of likely N-dealkylation sites (tertiary alicyclic amines) is 1. The van der Waals surface area contributed by atoms with Crippen molar-refractivity contribution in [2.45, 2.75) is 19.3 Å². The highest BCUT2D eigenvalue weighted by Crippen LogP contribution is 2.21. The molecule has 0 unspecified atom stereocenters. The summed E-state index contributed by atoms with van der Waals surface area (Å²) in [5.41, 5.74) is 0.642. The first-order chi connectivity index (χ1) is 8.22. The monoisotopic (exact) mass is 297 g/mol. The molecule has 1 fully saturated rings. The quantitative estimate of drug-likeness (QED) is 0.912. The largest absolute Gasteiger partial charge is 0.372 e. The number of anilines is 1. The van der Waals surface area contributed by atoms with Crippen LogP contribution in [0.2, 0.25) is 0 Å². The Morgan fingerprint density at radius 1 is 1.41 bits per heavy atom. The van der Waals surface area contributed by atoms with Gasteiger partial charge in [0.2, 0.25) is 0 Å². The van der Waals surface area contributed by atoms with Crippen LogP contribution >= 0.6 is 15.9 Å². The Hall–Kier alpha value is -1.10. The van der Waals surface area contributed by atoms with E-state index >= 15 is 0 Å². The summed E-state index contributed by atoms with van der Waals surface area (Å²) in [5.74, 6) is 0.714. The van der Waals surface area contributed by atoms with Gasteiger partial charge >= 0.3 is 0 Å². The second kappa shape index (κ2) is 5.49. The Labute approximate surface area is 110 Å². The van der Waals surface area contributed by atoms with Crippen molar-refractivity contribution in [2.75, 3.05) is 25.5 Å². The average molecular weight is 298 g/mol. The predicted octanol–water partition coefficient (Wildman–Crippen LogP) is 2.51. The molecule has 0 spiro atoms. The molecule has 1 saturated heterocycles. The molecule has 1 N–H and O–H groups in total. The van der Waals surface area contributed by atoms with Crippen LogP contribution in [0, 0.1) is 0 Å². The third-order valence-electron chi connectivity index (χ3n) is 2.96. The second-order valence-corrected chi connectivity index (χ2v) is 5.07. The van der Waals surface area contributed by atoms with Gasteiger partial charge in [0.1, 0.15) is 5.82 Å². The van der Waals surface area contributed by atoms with Gasteiger partial charge in [-0.15, -0.1) is 0 Å². The SMILES string of the molecule is CNc1ncc(Br)cc1C(=O)N1CCCCC1. The van der Waals surface area contributed by atoms with E-state index < -0.39 is 0 Å². The molecule has 1 amide bonds. The number of rotatable bonds is 2. The number of amides is 1. The lowest BCUT2D eigenvalue weighted by Crippen LogP contribution is -2.36. The normalized spacial score (nSPS) is 15.8. The highest BCUT2D eigenvalue weighted by molar-refractivity contribution is 9.10. The molecule has 0 atom stereocenters. The van der Waals surface area contributed by atoms with Crippen LogP contribution in [-0.4, -0.2) is 35.9 Å². The molecule has 1 aromatic heterocycles. The summed E-state index contributed by atoms with van der Waals surface area (Å²) in [7, 11) is 1.78. The van der Waals surface area contributed by atoms with Crippen molar-refractivity contribution in [3.05, 3.63) is 22.3 Å². The average Bonchev–Trinajstić information content (AvgIpc) is 2.39. The van der Waals surface area contributed by atoms with Crippen LogP contribution in [0.5, 0.6) is 0 Å². The van der Waals surface area contributed by atoms with E-state index in [1.165, 1.54) is 6.42 Å². The number of halogens is 1. The molecule has 92 valence electrons. The zero-order valence-corrected chi connectivity index (χ0v) is 11.5. The van der Waals surface area contributed by atoms with E-state index in [0.29, 0.717) is 11.4 Å². The first-order valence-corrected chi connectivity index (χ1v) is 6.64. The number of nitrogens with zero attached hydrogens (tertiary/aromatic N) is 2. The molecule has 2 heterocycles. The van der Waals surface area contributed by atoms with Gasteiger partial charge in [-0.05, 0) is 41.3 Å². The minimum atomic E-state index is 0.0721. The van der Waals surface area contributed by atoms with Gasteiger partial charge in [-0.1, -0.05) is 0 Å². The summed E-state index contributed by atoms with van der Waals surface area (Å²) in [6, 6.07) is 1.83. The van der Waals surface area contributed by atoms with Crippen LogP contribution in [0.25, 0.3) is 0 Å².